The van der Waals surface area contributed by atoms with Crippen LogP contribution in [0, 0.1) is 5.82 Å². The van der Waals surface area contributed by atoms with Crippen LogP contribution >= 0.6 is 0 Å². The van der Waals surface area contributed by atoms with Crippen LogP contribution in [0.5, 0.6) is 23.5 Å². The molecule has 0 unspecified atom stereocenters. The number of rotatable bonds is 10. The topological polar surface area (TPSA) is 90.9 Å². The lowest BCUT2D eigenvalue weighted by atomic mass is 10.0. The van der Waals surface area contributed by atoms with Crippen molar-refractivity contribution in [1.29, 1.82) is 0 Å². The van der Waals surface area contributed by atoms with Gasteiger partial charge in [-0.05, 0) is 44.4 Å². The molecule has 0 amide bonds. The molecule has 0 radical (unpaired) electrons. The summed E-state index contributed by atoms with van der Waals surface area (Å²) in [6.45, 7) is 6.92. The number of anilines is 1. The summed E-state index contributed by atoms with van der Waals surface area (Å²) in [5.41, 5.74) is 0.964. The molecule has 170 valence electrons. The van der Waals surface area contributed by atoms with Gasteiger partial charge in [-0.2, -0.15) is 14.4 Å². The average Bonchev–Trinajstić information content (AvgIpc) is 2.78. The number of halogens is 1. The lowest BCUT2D eigenvalue weighted by Crippen LogP contribution is -2.39. The number of likely N-dealkylation sites (tertiary alicyclic amines) is 1. The summed E-state index contributed by atoms with van der Waals surface area (Å²) in [6.07, 6.45) is 1.82. The van der Waals surface area contributed by atoms with Gasteiger partial charge >= 0.3 is 12.0 Å². The van der Waals surface area contributed by atoms with E-state index in [2.05, 4.69) is 25.2 Å². The summed E-state index contributed by atoms with van der Waals surface area (Å²) in [6, 6.07) is 4.15. The van der Waals surface area contributed by atoms with E-state index in [4.69, 9.17) is 18.9 Å². The van der Waals surface area contributed by atoms with E-state index in [1.165, 1.54) is 14.2 Å². The maximum atomic E-state index is 14.5. The van der Waals surface area contributed by atoms with E-state index in [9.17, 15) is 4.39 Å². The zero-order valence-corrected chi connectivity index (χ0v) is 18.5. The van der Waals surface area contributed by atoms with Gasteiger partial charge in [-0.3, -0.25) is 4.90 Å². The Morgan fingerprint density at radius 3 is 2.00 bits per heavy atom. The molecule has 2 aromatic rings. The van der Waals surface area contributed by atoms with Gasteiger partial charge in [0.05, 0.1) is 27.4 Å². The number of ether oxygens (including phenoxy) is 4. The van der Waals surface area contributed by atoms with Crippen molar-refractivity contribution in [1.82, 2.24) is 19.9 Å². The zero-order chi connectivity index (χ0) is 22.2. The van der Waals surface area contributed by atoms with Gasteiger partial charge in [0.1, 0.15) is 0 Å². The molecule has 0 atom stereocenters. The fraction of sp³-hybridized carbons (Fsp3) is 0.571. The van der Waals surface area contributed by atoms with Gasteiger partial charge in [0, 0.05) is 25.7 Å². The van der Waals surface area contributed by atoms with E-state index in [-0.39, 0.29) is 29.6 Å². The van der Waals surface area contributed by atoms with Crippen molar-refractivity contribution in [2.75, 3.05) is 45.8 Å². The van der Waals surface area contributed by atoms with Gasteiger partial charge in [0.25, 0.3) is 0 Å². The van der Waals surface area contributed by atoms with E-state index >= 15 is 0 Å². The normalized spacial score (nSPS) is 14.9. The molecule has 1 aliphatic rings. The Bertz CT molecular complexity index is 812. The Morgan fingerprint density at radius 1 is 0.968 bits per heavy atom. The SMILES string of the molecule is CCOc1cc(CN2CCC(Nc3nc(OC)nc(OC)n3)CC2)cc(OCC)c1F. The van der Waals surface area contributed by atoms with Crippen LogP contribution in [0.25, 0.3) is 0 Å². The number of nitrogens with one attached hydrogen (secondary N) is 1. The standard InChI is InChI=1S/C21H30FN5O4/c1-5-30-16-11-14(12-17(18(16)22)31-6-2)13-27-9-7-15(8-10-27)23-19-24-20(28-3)26-21(25-19)29-4/h11-12,15H,5-10,13H2,1-4H3,(H,23,24,25,26). The van der Waals surface area contributed by atoms with Crippen LogP contribution in [-0.2, 0) is 6.54 Å². The summed E-state index contributed by atoms with van der Waals surface area (Å²) in [5, 5.41) is 3.34. The first kappa shape index (κ1) is 22.8. The number of hydrogen-bond acceptors (Lipinski definition) is 9. The van der Waals surface area contributed by atoms with Crippen molar-refractivity contribution in [3.05, 3.63) is 23.5 Å². The fourth-order valence-electron chi connectivity index (χ4n) is 3.50. The third-order valence-electron chi connectivity index (χ3n) is 4.95. The number of piperidine rings is 1. The molecule has 2 heterocycles. The third-order valence-corrected chi connectivity index (χ3v) is 4.95. The van der Waals surface area contributed by atoms with Crippen molar-refractivity contribution in [3.63, 3.8) is 0 Å². The molecule has 0 saturated carbocycles. The van der Waals surface area contributed by atoms with Gasteiger partial charge < -0.3 is 24.3 Å². The minimum Gasteiger partial charge on any atom is -0.491 e. The number of aromatic nitrogens is 3. The van der Waals surface area contributed by atoms with Gasteiger partial charge in [-0.1, -0.05) is 0 Å². The highest BCUT2D eigenvalue weighted by Gasteiger charge is 2.22. The number of nitrogens with zero attached hydrogens (tertiary/aromatic N) is 4. The Morgan fingerprint density at radius 2 is 1.52 bits per heavy atom. The molecular weight excluding hydrogens is 405 g/mol. The maximum Gasteiger partial charge on any atom is 0.324 e. The van der Waals surface area contributed by atoms with Crippen molar-refractivity contribution < 1.29 is 23.3 Å². The molecule has 31 heavy (non-hydrogen) atoms. The quantitative estimate of drug-likeness (QED) is 0.605. The van der Waals surface area contributed by atoms with Crippen LogP contribution in [0.2, 0.25) is 0 Å². The molecule has 10 heteroatoms. The third kappa shape index (κ3) is 6.06. The number of methoxy groups -OCH3 is 2. The summed E-state index contributed by atoms with van der Waals surface area (Å²) in [4.78, 5) is 14.8. The minimum atomic E-state index is -0.446. The fourth-order valence-corrected chi connectivity index (χ4v) is 3.50. The first-order valence-corrected chi connectivity index (χ1v) is 10.5. The monoisotopic (exact) mass is 435 g/mol. The van der Waals surface area contributed by atoms with E-state index in [0.29, 0.717) is 25.7 Å². The zero-order valence-electron chi connectivity index (χ0n) is 18.5. The summed E-state index contributed by atoms with van der Waals surface area (Å²) >= 11 is 0. The second kappa shape index (κ2) is 10.9. The predicted octanol–water partition coefficient (Wildman–Crippen LogP) is 2.90. The lowest BCUT2D eigenvalue weighted by molar-refractivity contribution is 0.209. The average molecular weight is 436 g/mol. The molecule has 0 spiro atoms. The van der Waals surface area contributed by atoms with Crippen LogP contribution < -0.4 is 24.3 Å². The van der Waals surface area contributed by atoms with E-state index in [1.54, 1.807) is 12.1 Å². The first-order chi connectivity index (χ1) is 15.1. The van der Waals surface area contributed by atoms with Gasteiger partial charge in [-0.15, -0.1) is 4.98 Å². The molecule has 3 rings (SSSR count). The Labute approximate surface area is 181 Å². The molecule has 9 nitrogen and oxygen atoms in total. The van der Waals surface area contributed by atoms with Crippen molar-refractivity contribution in [3.8, 4) is 23.5 Å². The molecular formula is C21H30FN5O4. The second-order valence-electron chi connectivity index (χ2n) is 7.10. The molecule has 1 N–H and O–H groups in total. The second-order valence-corrected chi connectivity index (χ2v) is 7.10. The number of benzene rings is 1. The first-order valence-electron chi connectivity index (χ1n) is 10.5. The molecule has 0 bridgehead atoms. The molecule has 1 aromatic heterocycles. The Hall–Kier alpha value is -2.88. The van der Waals surface area contributed by atoms with E-state index < -0.39 is 5.82 Å². The molecule has 1 aliphatic heterocycles. The Balaban J connectivity index is 1.60. The van der Waals surface area contributed by atoms with E-state index in [1.807, 2.05) is 13.8 Å². The predicted molar refractivity (Wildman–Crippen MR) is 114 cm³/mol. The van der Waals surface area contributed by atoms with Crippen LogP contribution in [0.3, 0.4) is 0 Å². The summed E-state index contributed by atoms with van der Waals surface area (Å²) in [7, 11) is 3.00. The number of hydrogen-bond donors (Lipinski definition) is 1. The minimum absolute atomic E-state index is 0.207. The summed E-state index contributed by atoms with van der Waals surface area (Å²) < 4.78 is 35.6. The van der Waals surface area contributed by atoms with Crippen molar-refractivity contribution in [2.45, 2.75) is 39.3 Å². The van der Waals surface area contributed by atoms with Gasteiger partial charge in [0.15, 0.2) is 11.5 Å². The highest BCUT2D eigenvalue weighted by atomic mass is 19.1. The van der Waals surface area contributed by atoms with Crippen molar-refractivity contribution >= 4 is 5.95 Å². The van der Waals surface area contributed by atoms with Crippen LogP contribution in [-0.4, -0.2) is 66.4 Å². The molecule has 1 saturated heterocycles. The molecule has 0 aliphatic carbocycles. The maximum absolute atomic E-state index is 14.5. The van der Waals surface area contributed by atoms with E-state index in [0.717, 1.165) is 31.5 Å². The Kier molecular flexibility index (Phi) is 8.05. The van der Waals surface area contributed by atoms with Crippen LogP contribution in [0.1, 0.15) is 32.3 Å². The van der Waals surface area contributed by atoms with Crippen LogP contribution in [0.15, 0.2) is 12.1 Å². The van der Waals surface area contributed by atoms with Gasteiger partial charge in [-0.25, -0.2) is 0 Å². The smallest absolute Gasteiger partial charge is 0.324 e. The van der Waals surface area contributed by atoms with Crippen LogP contribution in [0.4, 0.5) is 10.3 Å². The molecule has 1 fully saturated rings. The molecule has 1 aromatic carbocycles. The highest BCUT2D eigenvalue weighted by Crippen LogP contribution is 2.30. The summed E-state index contributed by atoms with van der Waals surface area (Å²) in [5.74, 6) is 0.456. The lowest BCUT2D eigenvalue weighted by Gasteiger charge is -2.32. The largest absolute Gasteiger partial charge is 0.491 e. The van der Waals surface area contributed by atoms with Crippen molar-refractivity contribution in [2.24, 2.45) is 0 Å². The highest BCUT2D eigenvalue weighted by molar-refractivity contribution is 5.40. The van der Waals surface area contributed by atoms with Gasteiger partial charge in [0.2, 0.25) is 11.8 Å².